The van der Waals surface area contributed by atoms with Gasteiger partial charge in [-0.25, -0.2) is 4.68 Å². The second-order valence-electron chi connectivity index (χ2n) is 8.17. The minimum atomic E-state index is 0.123. The molecule has 0 atom stereocenters. The summed E-state index contributed by atoms with van der Waals surface area (Å²) in [6.45, 7) is 5.66. The van der Waals surface area contributed by atoms with Gasteiger partial charge in [-0.3, -0.25) is 4.79 Å². The predicted molar refractivity (Wildman–Crippen MR) is 118 cm³/mol. The molecule has 1 saturated heterocycles. The summed E-state index contributed by atoms with van der Waals surface area (Å²) in [5.41, 5.74) is 5.14. The van der Waals surface area contributed by atoms with Crippen molar-refractivity contribution in [2.75, 3.05) is 20.2 Å². The van der Waals surface area contributed by atoms with Gasteiger partial charge in [0, 0.05) is 24.3 Å². The molecule has 1 aliphatic heterocycles. The molecule has 0 bridgehead atoms. The molecule has 1 fully saturated rings. The zero-order valence-corrected chi connectivity index (χ0v) is 18.0. The smallest absolute Gasteiger partial charge is 0.253 e. The van der Waals surface area contributed by atoms with E-state index in [1.165, 1.54) is 5.56 Å². The molecule has 1 aromatic heterocycles. The van der Waals surface area contributed by atoms with Gasteiger partial charge in [0.15, 0.2) is 0 Å². The summed E-state index contributed by atoms with van der Waals surface area (Å²) < 4.78 is 7.14. The van der Waals surface area contributed by atoms with Crippen LogP contribution in [-0.2, 0) is 6.42 Å². The molecule has 2 aromatic carbocycles. The highest BCUT2D eigenvalue weighted by molar-refractivity contribution is 5.94. The molecule has 2 heterocycles. The van der Waals surface area contributed by atoms with Crippen molar-refractivity contribution in [3.05, 3.63) is 77.1 Å². The first-order chi connectivity index (χ1) is 14.5. The van der Waals surface area contributed by atoms with Crippen molar-refractivity contribution in [3.8, 4) is 11.4 Å². The summed E-state index contributed by atoms with van der Waals surface area (Å²) in [4.78, 5) is 14.9. The van der Waals surface area contributed by atoms with Crippen LogP contribution in [0.4, 0.5) is 0 Å². The van der Waals surface area contributed by atoms with Crippen molar-refractivity contribution in [2.45, 2.75) is 33.1 Å². The van der Waals surface area contributed by atoms with E-state index in [4.69, 9.17) is 4.74 Å². The molecule has 0 radical (unpaired) electrons. The highest BCUT2D eigenvalue weighted by Gasteiger charge is 2.24. The molecule has 0 unspecified atom stereocenters. The molecule has 30 heavy (non-hydrogen) atoms. The van der Waals surface area contributed by atoms with Gasteiger partial charge in [-0.1, -0.05) is 12.1 Å². The number of ether oxygens (including phenoxy) is 1. The molecular formula is C25H29N3O2. The predicted octanol–water partition coefficient (Wildman–Crippen LogP) is 4.59. The molecular weight excluding hydrogens is 374 g/mol. The maximum atomic E-state index is 12.9. The van der Waals surface area contributed by atoms with Crippen LogP contribution in [0, 0.1) is 19.8 Å². The zero-order chi connectivity index (χ0) is 21.1. The molecule has 156 valence electrons. The van der Waals surface area contributed by atoms with Crippen molar-refractivity contribution in [2.24, 2.45) is 5.92 Å². The van der Waals surface area contributed by atoms with E-state index in [9.17, 15) is 4.79 Å². The number of aryl methyl sites for hydroxylation is 2. The number of likely N-dealkylation sites (tertiary alicyclic amines) is 1. The first kappa shape index (κ1) is 20.2. The fraction of sp³-hybridized carbons (Fsp3) is 0.360. The largest absolute Gasteiger partial charge is 0.497 e. The Morgan fingerprint density at radius 3 is 2.27 bits per heavy atom. The molecule has 5 heteroatoms. The summed E-state index contributed by atoms with van der Waals surface area (Å²) in [6.07, 6.45) is 3.15. The topological polar surface area (TPSA) is 47.4 Å². The molecule has 0 N–H and O–H groups in total. The van der Waals surface area contributed by atoms with Crippen LogP contribution in [-0.4, -0.2) is 40.8 Å². The molecule has 5 nitrogen and oxygen atoms in total. The van der Waals surface area contributed by atoms with E-state index >= 15 is 0 Å². The fourth-order valence-corrected chi connectivity index (χ4v) is 4.25. The van der Waals surface area contributed by atoms with Gasteiger partial charge >= 0.3 is 0 Å². The highest BCUT2D eigenvalue weighted by Crippen LogP contribution is 2.24. The molecule has 3 aromatic rings. The Labute approximate surface area is 178 Å². The third kappa shape index (κ3) is 4.40. The minimum Gasteiger partial charge on any atom is -0.497 e. The number of piperidine rings is 1. The number of hydrogen-bond donors (Lipinski definition) is 0. The monoisotopic (exact) mass is 403 g/mol. The zero-order valence-electron chi connectivity index (χ0n) is 18.0. The fourth-order valence-electron chi connectivity index (χ4n) is 4.25. The van der Waals surface area contributed by atoms with Crippen LogP contribution in [0.1, 0.15) is 40.2 Å². The first-order valence-electron chi connectivity index (χ1n) is 10.6. The van der Waals surface area contributed by atoms with Crippen LogP contribution in [0.3, 0.4) is 0 Å². The molecule has 1 amide bonds. The maximum Gasteiger partial charge on any atom is 0.253 e. The Hall–Kier alpha value is -3.08. The Balaban J connectivity index is 1.34. The van der Waals surface area contributed by atoms with Crippen LogP contribution >= 0.6 is 0 Å². The quantitative estimate of drug-likeness (QED) is 0.626. The second-order valence-corrected chi connectivity index (χ2v) is 8.17. The number of hydrogen-bond acceptors (Lipinski definition) is 3. The van der Waals surface area contributed by atoms with E-state index in [1.54, 1.807) is 7.11 Å². The first-order valence-corrected chi connectivity index (χ1v) is 10.6. The lowest BCUT2D eigenvalue weighted by molar-refractivity contribution is 0.0690. The lowest BCUT2D eigenvalue weighted by atomic mass is 9.90. The van der Waals surface area contributed by atoms with Crippen LogP contribution in [0.15, 0.2) is 54.6 Å². The number of benzene rings is 2. The molecule has 4 rings (SSSR count). The van der Waals surface area contributed by atoms with E-state index in [2.05, 4.69) is 23.3 Å². The van der Waals surface area contributed by atoms with E-state index in [0.717, 1.165) is 60.7 Å². The maximum absolute atomic E-state index is 12.9. The van der Waals surface area contributed by atoms with E-state index < -0.39 is 0 Å². The molecule has 1 aliphatic rings. The lowest BCUT2D eigenvalue weighted by Crippen LogP contribution is -2.38. The van der Waals surface area contributed by atoms with Crippen molar-refractivity contribution in [1.82, 2.24) is 14.7 Å². The Morgan fingerprint density at radius 2 is 1.70 bits per heavy atom. The highest BCUT2D eigenvalue weighted by atomic mass is 16.5. The molecule has 0 spiro atoms. The van der Waals surface area contributed by atoms with Crippen LogP contribution in [0.25, 0.3) is 5.69 Å². The van der Waals surface area contributed by atoms with Crippen molar-refractivity contribution < 1.29 is 9.53 Å². The number of methoxy groups -OCH3 is 1. The normalized spacial score (nSPS) is 14.7. The number of aromatic nitrogens is 2. The van der Waals surface area contributed by atoms with Gasteiger partial charge in [0.05, 0.1) is 18.5 Å². The third-order valence-corrected chi connectivity index (χ3v) is 5.95. The van der Waals surface area contributed by atoms with Gasteiger partial charge in [0.1, 0.15) is 5.75 Å². The van der Waals surface area contributed by atoms with Gasteiger partial charge in [0.25, 0.3) is 5.91 Å². The van der Waals surface area contributed by atoms with Crippen LogP contribution in [0.5, 0.6) is 5.75 Å². The molecule has 0 aliphatic carbocycles. The van der Waals surface area contributed by atoms with Crippen LogP contribution < -0.4 is 4.74 Å². The second kappa shape index (κ2) is 8.74. The minimum absolute atomic E-state index is 0.123. The van der Waals surface area contributed by atoms with Gasteiger partial charge < -0.3 is 9.64 Å². The third-order valence-electron chi connectivity index (χ3n) is 5.95. The van der Waals surface area contributed by atoms with Crippen molar-refractivity contribution in [1.29, 1.82) is 0 Å². The summed E-state index contributed by atoms with van der Waals surface area (Å²) >= 11 is 0. The molecule has 0 saturated carbocycles. The SMILES string of the molecule is COc1ccc(CC2CCN(C(=O)c3ccc(-n4nc(C)cc4C)cc3)CC2)cc1. The summed E-state index contributed by atoms with van der Waals surface area (Å²) in [7, 11) is 1.69. The average molecular weight is 404 g/mol. The Bertz CT molecular complexity index is 998. The summed E-state index contributed by atoms with van der Waals surface area (Å²) in [5.74, 6) is 1.64. The number of rotatable bonds is 5. The van der Waals surface area contributed by atoms with Crippen molar-refractivity contribution in [3.63, 3.8) is 0 Å². The van der Waals surface area contributed by atoms with E-state index in [-0.39, 0.29) is 5.91 Å². The number of carbonyl (C=O) groups is 1. The lowest BCUT2D eigenvalue weighted by Gasteiger charge is -2.32. The summed E-state index contributed by atoms with van der Waals surface area (Å²) in [6, 6.07) is 18.1. The van der Waals surface area contributed by atoms with Gasteiger partial charge in [-0.2, -0.15) is 5.10 Å². The van der Waals surface area contributed by atoms with Gasteiger partial charge in [-0.15, -0.1) is 0 Å². The Morgan fingerprint density at radius 1 is 1.03 bits per heavy atom. The van der Waals surface area contributed by atoms with Crippen molar-refractivity contribution >= 4 is 5.91 Å². The van der Waals surface area contributed by atoms with Gasteiger partial charge in [0.2, 0.25) is 0 Å². The average Bonchev–Trinajstić information content (AvgIpc) is 3.12. The van der Waals surface area contributed by atoms with E-state index in [1.807, 2.05) is 59.8 Å². The number of nitrogens with zero attached hydrogens (tertiary/aromatic N) is 3. The van der Waals surface area contributed by atoms with E-state index in [0.29, 0.717) is 5.92 Å². The standard InChI is InChI=1S/C25H29N3O2/c1-18-16-19(2)28(26-18)23-8-6-22(7-9-23)25(29)27-14-12-21(13-15-27)17-20-4-10-24(30-3)11-5-20/h4-11,16,21H,12-15,17H2,1-3H3. The summed E-state index contributed by atoms with van der Waals surface area (Å²) in [5, 5.41) is 4.51. The Kier molecular flexibility index (Phi) is 5.88. The van der Waals surface area contributed by atoms with Gasteiger partial charge in [-0.05, 0) is 87.1 Å². The van der Waals surface area contributed by atoms with Crippen LogP contribution in [0.2, 0.25) is 0 Å². The number of carbonyl (C=O) groups excluding carboxylic acids is 1. The number of amides is 1.